The third-order valence-corrected chi connectivity index (χ3v) is 0. The van der Waals surface area contributed by atoms with Crippen LogP contribution in [0.4, 0.5) is 0 Å². The Hall–Kier alpha value is 1.56. The zero-order chi connectivity index (χ0) is 2.00. The number of rotatable bonds is 0. The summed E-state index contributed by atoms with van der Waals surface area (Å²) in [6.45, 7) is 0. The molecule has 15 N–H and O–H groups in total. The summed E-state index contributed by atoms with van der Waals surface area (Å²) in [6.07, 6.45) is 0. The fraction of sp³-hybridized carbons (Fsp3) is 0. The summed E-state index contributed by atoms with van der Waals surface area (Å²) in [7, 11) is 4.33. The summed E-state index contributed by atoms with van der Waals surface area (Å²) >= 11 is 3.03. The van der Waals surface area contributed by atoms with Gasteiger partial charge >= 0.3 is 25.0 Å². The molecule has 70 valence electrons. The van der Waals surface area contributed by atoms with Crippen LogP contribution in [0.25, 0.3) is 0 Å². The van der Waals surface area contributed by atoms with E-state index in [1.54, 1.807) is 0 Å². The molecule has 9 heteroatoms. The molecule has 0 aliphatic carbocycles. The summed E-state index contributed by atoms with van der Waals surface area (Å²) in [6, 6.07) is 0. The van der Waals surface area contributed by atoms with Gasteiger partial charge in [0.25, 0.3) is 0 Å². The van der Waals surface area contributed by atoms with Crippen molar-refractivity contribution >= 4 is 10.1 Å². The SMILES string of the molecule is N.N.N.N.N.[Br-].[Br-].[Cl][Co+2]. The van der Waals surface area contributed by atoms with Crippen LogP contribution in [0.2, 0.25) is 0 Å². The summed E-state index contributed by atoms with van der Waals surface area (Å²) in [5.41, 5.74) is 0. The fourth-order valence-corrected chi connectivity index (χ4v) is 0. The van der Waals surface area contributed by atoms with Crippen LogP contribution in [0.3, 0.4) is 0 Å². The molecule has 0 saturated carbocycles. The van der Waals surface area contributed by atoms with E-state index in [9.17, 15) is 0 Å². The molecule has 0 radical (unpaired) electrons. The molecule has 0 saturated heterocycles. The van der Waals surface area contributed by atoms with E-state index >= 15 is 0 Å². The van der Waals surface area contributed by atoms with Crippen LogP contribution in [0.15, 0.2) is 0 Å². The van der Waals surface area contributed by atoms with E-state index in [0.717, 1.165) is 0 Å². The zero-order valence-electron chi connectivity index (χ0n) is 5.00. The molecule has 0 amide bonds. The molecule has 5 nitrogen and oxygen atoms in total. The molecule has 0 unspecified atom stereocenters. The second kappa shape index (κ2) is 289. The Morgan fingerprint density at radius 2 is 0.556 bits per heavy atom. The van der Waals surface area contributed by atoms with Gasteiger partial charge < -0.3 is 64.7 Å². The van der Waals surface area contributed by atoms with Crippen LogP contribution in [-0.2, 0) is 14.8 Å². The van der Waals surface area contributed by atoms with Crippen molar-refractivity contribution in [2.45, 2.75) is 0 Å². The topological polar surface area (TPSA) is 175 Å². The molecular formula is H15Br2ClCoN5. The van der Waals surface area contributed by atoms with E-state index in [-0.39, 0.29) is 64.7 Å². The molecule has 0 rings (SSSR count). The molecule has 0 aliphatic rings. The Morgan fingerprint density at radius 3 is 0.556 bits per heavy atom. The molecule has 0 aliphatic heterocycles. The second-order valence-corrected chi connectivity index (χ2v) is 0. The van der Waals surface area contributed by atoms with E-state index in [1.165, 1.54) is 0 Å². The van der Waals surface area contributed by atoms with Crippen LogP contribution < -0.4 is 64.7 Å². The van der Waals surface area contributed by atoms with Crippen molar-refractivity contribution in [2.24, 2.45) is 0 Å². The van der Waals surface area contributed by atoms with E-state index in [2.05, 4.69) is 25.0 Å². The Bertz CT molecular complexity index is 14.9. The molecule has 0 bridgehead atoms. The van der Waals surface area contributed by atoms with Gasteiger partial charge in [-0.2, -0.15) is 0 Å². The molecule has 0 aromatic carbocycles. The van der Waals surface area contributed by atoms with Crippen LogP contribution >= 0.6 is 10.1 Å². The zero-order valence-corrected chi connectivity index (χ0v) is 9.97. The van der Waals surface area contributed by atoms with Crippen LogP contribution in [0, 0.1) is 0 Å². The van der Waals surface area contributed by atoms with Gasteiger partial charge in [-0.05, 0) is 0 Å². The Kier molecular flexibility index (Phi) is 4730. The van der Waals surface area contributed by atoms with Gasteiger partial charge in [-0.1, -0.05) is 0 Å². The second-order valence-electron chi connectivity index (χ2n) is 0. The van der Waals surface area contributed by atoms with Crippen LogP contribution in [0.5, 0.6) is 0 Å². The molecule has 0 fully saturated rings. The minimum absolute atomic E-state index is 0. The molecule has 0 atom stereocenters. The quantitative estimate of drug-likeness (QED) is 0.298. The van der Waals surface area contributed by atoms with Crippen molar-refractivity contribution in [3.8, 4) is 0 Å². The molecule has 0 heterocycles. The Balaban J connectivity index is -0.000000000238. The van der Waals surface area contributed by atoms with Gasteiger partial charge in [0, 0.05) is 0 Å². The summed E-state index contributed by atoms with van der Waals surface area (Å²) in [5, 5.41) is 0. The summed E-state index contributed by atoms with van der Waals surface area (Å²) < 4.78 is 0. The summed E-state index contributed by atoms with van der Waals surface area (Å²) in [4.78, 5) is 0. The molecule has 0 spiro atoms. The standard InChI is InChI=1S/2BrH.ClH.Co.5H3N/h3*1H;;5*1H3/q;;;+3;;;;;/p-3. The van der Waals surface area contributed by atoms with E-state index in [1.807, 2.05) is 0 Å². The maximum absolute atomic E-state index is 4.33. The third kappa shape index (κ3) is 225. The van der Waals surface area contributed by atoms with Gasteiger partial charge in [0.1, 0.15) is 0 Å². The number of hydrogen-bond donors (Lipinski definition) is 5. The fourth-order valence-electron chi connectivity index (χ4n) is 0. The predicted octanol–water partition coefficient (Wildman–Crippen LogP) is -4.50. The van der Waals surface area contributed by atoms with Gasteiger partial charge in [-0.25, -0.2) is 0 Å². The van der Waals surface area contributed by atoms with Crippen molar-refractivity contribution in [2.75, 3.05) is 0 Å². The van der Waals surface area contributed by atoms with E-state index in [4.69, 9.17) is 0 Å². The first-order valence-corrected chi connectivity index (χ1v) is 1.56. The van der Waals surface area contributed by atoms with Gasteiger partial charge in [0.15, 0.2) is 0 Å². The average molecular weight is 339 g/mol. The summed E-state index contributed by atoms with van der Waals surface area (Å²) in [5.74, 6) is 0. The van der Waals surface area contributed by atoms with E-state index in [0.29, 0.717) is 0 Å². The van der Waals surface area contributed by atoms with Crippen LogP contribution in [-0.4, -0.2) is 0 Å². The normalized spacial score (nSPS) is 0.667. The molecule has 0 aromatic heterocycles. The van der Waals surface area contributed by atoms with Crippen molar-refractivity contribution in [1.29, 1.82) is 0 Å². The van der Waals surface area contributed by atoms with Gasteiger partial charge in [0.2, 0.25) is 0 Å². The van der Waals surface area contributed by atoms with Crippen molar-refractivity contribution in [3.63, 3.8) is 0 Å². The molecule has 0 aromatic rings. The van der Waals surface area contributed by atoms with Crippen molar-refractivity contribution in [3.05, 3.63) is 0 Å². The Labute approximate surface area is 89.3 Å². The first kappa shape index (κ1) is 148. The number of halogens is 3. The minimum atomic E-state index is 0. The van der Waals surface area contributed by atoms with Crippen LogP contribution in [0.1, 0.15) is 0 Å². The van der Waals surface area contributed by atoms with Gasteiger partial charge in [-0.3, -0.25) is 0 Å². The van der Waals surface area contributed by atoms with Gasteiger partial charge in [-0.15, -0.1) is 0 Å². The van der Waals surface area contributed by atoms with Gasteiger partial charge in [0.05, 0.1) is 0 Å². The molecule has 9 heavy (non-hydrogen) atoms. The molecular weight excluding hydrogens is 324 g/mol. The average Bonchev–Trinajstić information content (AvgIpc) is 1.00. The van der Waals surface area contributed by atoms with Crippen molar-refractivity contribution in [1.82, 2.24) is 30.8 Å². The van der Waals surface area contributed by atoms with Crippen molar-refractivity contribution < 1.29 is 48.8 Å². The Morgan fingerprint density at radius 1 is 0.556 bits per heavy atom. The first-order valence-electron chi connectivity index (χ1n) is 0.126. The first-order chi connectivity index (χ1) is 1.00. The maximum atomic E-state index is 4.33. The monoisotopic (exact) mass is 337 g/mol. The van der Waals surface area contributed by atoms with E-state index < -0.39 is 0 Å². The third-order valence-electron chi connectivity index (χ3n) is 0. The number of hydrogen-bond acceptors (Lipinski definition) is 5. The predicted molar refractivity (Wildman–Crippen MR) is 31.0 cm³/mol.